The van der Waals surface area contributed by atoms with Crippen molar-refractivity contribution < 1.29 is 4.74 Å². The van der Waals surface area contributed by atoms with Crippen LogP contribution in [0.25, 0.3) is 0 Å². The molecule has 0 heterocycles. The van der Waals surface area contributed by atoms with Crippen molar-refractivity contribution in [1.29, 1.82) is 0 Å². The summed E-state index contributed by atoms with van der Waals surface area (Å²) >= 11 is 0. The van der Waals surface area contributed by atoms with Gasteiger partial charge in [-0.25, -0.2) is 0 Å². The number of hydrogen-bond acceptors (Lipinski definition) is 2. The quantitative estimate of drug-likeness (QED) is 0.815. The van der Waals surface area contributed by atoms with Gasteiger partial charge in [0.15, 0.2) is 0 Å². The van der Waals surface area contributed by atoms with Crippen LogP contribution in [0.5, 0.6) is 0 Å². The second-order valence-electron chi connectivity index (χ2n) is 7.72. The van der Waals surface area contributed by atoms with E-state index in [1.54, 1.807) is 0 Å². The molecule has 104 valence electrons. The van der Waals surface area contributed by atoms with E-state index >= 15 is 0 Å². The molecule has 2 nitrogen and oxygen atoms in total. The minimum absolute atomic E-state index is 0.282. The van der Waals surface area contributed by atoms with Crippen molar-refractivity contribution in [3.63, 3.8) is 0 Å². The minimum atomic E-state index is 0.282. The fourth-order valence-corrected chi connectivity index (χ4v) is 4.84. The van der Waals surface area contributed by atoms with Crippen LogP contribution < -0.4 is 5.73 Å². The van der Waals surface area contributed by atoms with E-state index in [1.807, 2.05) is 0 Å². The molecule has 0 saturated heterocycles. The third kappa shape index (κ3) is 1.68. The summed E-state index contributed by atoms with van der Waals surface area (Å²) in [6.07, 6.45) is 9.73. The van der Waals surface area contributed by atoms with Crippen LogP contribution in [0.15, 0.2) is 0 Å². The fourth-order valence-electron chi connectivity index (χ4n) is 4.84. The Labute approximate surface area is 112 Å². The number of rotatable bonds is 2. The average molecular weight is 251 g/mol. The van der Waals surface area contributed by atoms with Gasteiger partial charge in [-0.1, -0.05) is 33.6 Å². The molecule has 3 aliphatic carbocycles. The highest BCUT2D eigenvalue weighted by atomic mass is 16.5. The maximum atomic E-state index is 6.51. The zero-order valence-electron chi connectivity index (χ0n) is 12.2. The molecule has 18 heavy (non-hydrogen) atoms. The largest absolute Gasteiger partial charge is 0.373 e. The fraction of sp³-hybridized carbons (Fsp3) is 1.00. The lowest BCUT2D eigenvalue weighted by atomic mass is 9.70. The SMILES string of the molecule is CC1(C)C2CCC1(C)C(OC1CCCCC1N)C2. The van der Waals surface area contributed by atoms with Crippen LogP contribution in [-0.4, -0.2) is 18.2 Å². The molecule has 0 spiro atoms. The first kappa shape index (κ1) is 12.9. The monoisotopic (exact) mass is 251 g/mol. The normalized spacial score (nSPS) is 50.7. The van der Waals surface area contributed by atoms with E-state index in [2.05, 4.69) is 20.8 Å². The van der Waals surface area contributed by atoms with Gasteiger partial charge in [0.1, 0.15) is 0 Å². The summed E-state index contributed by atoms with van der Waals surface area (Å²) in [5, 5.41) is 0. The van der Waals surface area contributed by atoms with Gasteiger partial charge in [-0.2, -0.15) is 0 Å². The van der Waals surface area contributed by atoms with Crippen molar-refractivity contribution in [3.05, 3.63) is 0 Å². The molecular formula is C16H29NO. The van der Waals surface area contributed by atoms with Crippen LogP contribution in [0.2, 0.25) is 0 Å². The Hall–Kier alpha value is -0.0800. The van der Waals surface area contributed by atoms with Crippen LogP contribution in [0.4, 0.5) is 0 Å². The van der Waals surface area contributed by atoms with Crippen LogP contribution in [0, 0.1) is 16.7 Å². The Bertz CT molecular complexity index is 327. The zero-order chi connectivity index (χ0) is 13.0. The van der Waals surface area contributed by atoms with E-state index in [1.165, 1.54) is 38.5 Å². The van der Waals surface area contributed by atoms with Gasteiger partial charge in [-0.05, 0) is 48.9 Å². The standard InChI is InChI=1S/C16H29NO/c1-15(2)11-8-9-16(15,3)14(10-11)18-13-7-5-4-6-12(13)17/h11-14H,4-10,17H2,1-3H3. The van der Waals surface area contributed by atoms with Crippen molar-refractivity contribution in [2.75, 3.05) is 0 Å². The third-order valence-electron chi connectivity index (χ3n) is 6.81. The second-order valence-corrected chi connectivity index (χ2v) is 7.72. The Kier molecular flexibility index (Phi) is 3.02. The van der Waals surface area contributed by atoms with Crippen molar-refractivity contribution in [1.82, 2.24) is 0 Å². The van der Waals surface area contributed by atoms with E-state index in [-0.39, 0.29) is 6.04 Å². The van der Waals surface area contributed by atoms with Crippen LogP contribution in [0.1, 0.15) is 65.7 Å². The molecular weight excluding hydrogens is 222 g/mol. The van der Waals surface area contributed by atoms with Crippen molar-refractivity contribution >= 4 is 0 Å². The summed E-state index contributed by atoms with van der Waals surface area (Å²) in [4.78, 5) is 0. The summed E-state index contributed by atoms with van der Waals surface area (Å²) in [5.41, 5.74) is 7.08. The molecule has 3 saturated carbocycles. The van der Waals surface area contributed by atoms with Crippen molar-refractivity contribution in [2.24, 2.45) is 22.5 Å². The van der Waals surface area contributed by atoms with Crippen LogP contribution >= 0.6 is 0 Å². The van der Waals surface area contributed by atoms with Gasteiger partial charge < -0.3 is 10.5 Å². The van der Waals surface area contributed by atoms with Gasteiger partial charge in [0.25, 0.3) is 0 Å². The lowest BCUT2D eigenvalue weighted by Gasteiger charge is -2.42. The average Bonchev–Trinajstić information content (AvgIpc) is 2.65. The Balaban J connectivity index is 1.71. The Morgan fingerprint density at radius 3 is 2.33 bits per heavy atom. The molecule has 5 unspecified atom stereocenters. The highest BCUT2D eigenvalue weighted by molar-refractivity contribution is 5.11. The predicted octanol–water partition coefficient (Wildman–Crippen LogP) is 3.49. The van der Waals surface area contributed by atoms with E-state index in [0.717, 1.165) is 12.3 Å². The van der Waals surface area contributed by atoms with Gasteiger partial charge in [0.2, 0.25) is 0 Å². The summed E-state index contributed by atoms with van der Waals surface area (Å²) in [6.45, 7) is 7.36. The molecule has 0 aliphatic heterocycles. The first-order chi connectivity index (χ1) is 8.45. The Morgan fingerprint density at radius 1 is 1.06 bits per heavy atom. The maximum Gasteiger partial charge on any atom is 0.0729 e. The smallest absolute Gasteiger partial charge is 0.0729 e. The molecule has 5 atom stereocenters. The summed E-state index contributed by atoms with van der Waals surface area (Å²) in [7, 11) is 0. The van der Waals surface area contributed by atoms with Crippen molar-refractivity contribution in [3.8, 4) is 0 Å². The number of ether oxygens (including phenoxy) is 1. The van der Waals surface area contributed by atoms with Crippen molar-refractivity contribution in [2.45, 2.75) is 84.0 Å². The molecule has 2 bridgehead atoms. The third-order valence-corrected chi connectivity index (χ3v) is 6.81. The molecule has 3 aliphatic rings. The second kappa shape index (κ2) is 4.21. The molecule has 2 heteroatoms. The lowest BCUT2D eigenvalue weighted by molar-refractivity contribution is -0.102. The Morgan fingerprint density at radius 2 is 1.78 bits per heavy atom. The predicted molar refractivity (Wildman–Crippen MR) is 74.3 cm³/mol. The summed E-state index contributed by atoms with van der Waals surface area (Å²) in [5.74, 6) is 0.868. The summed E-state index contributed by atoms with van der Waals surface area (Å²) < 4.78 is 6.51. The molecule has 0 radical (unpaired) electrons. The molecule has 0 aromatic carbocycles. The number of fused-ring (bicyclic) bond motifs is 2. The lowest BCUT2D eigenvalue weighted by Crippen LogP contribution is -2.45. The van der Waals surface area contributed by atoms with Gasteiger partial charge in [-0.3, -0.25) is 0 Å². The first-order valence-corrected chi connectivity index (χ1v) is 7.86. The topological polar surface area (TPSA) is 35.2 Å². The molecule has 2 N–H and O–H groups in total. The number of hydrogen-bond donors (Lipinski definition) is 1. The highest BCUT2D eigenvalue weighted by Crippen LogP contribution is 2.66. The first-order valence-electron chi connectivity index (χ1n) is 7.86. The van der Waals surface area contributed by atoms with Gasteiger partial charge in [0.05, 0.1) is 12.2 Å². The van der Waals surface area contributed by atoms with Crippen LogP contribution in [-0.2, 0) is 4.74 Å². The summed E-state index contributed by atoms with van der Waals surface area (Å²) in [6, 6.07) is 0.282. The molecule has 3 rings (SSSR count). The number of nitrogens with two attached hydrogens (primary N) is 1. The van der Waals surface area contributed by atoms with Gasteiger partial charge in [0, 0.05) is 6.04 Å². The molecule has 0 aromatic heterocycles. The van der Waals surface area contributed by atoms with Crippen LogP contribution in [0.3, 0.4) is 0 Å². The minimum Gasteiger partial charge on any atom is -0.373 e. The highest BCUT2D eigenvalue weighted by Gasteiger charge is 2.62. The molecule has 0 amide bonds. The van der Waals surface area contributed by atoms with Gasteiger partial charge in [-0.15, -0.1) is 0 Å². The van der Waals surface area contributed by atoms with E-state index in [4.69, 9.17) is 10.5 Å². The molecule has 3 fully saturated rings. The van der Waals surface area contributed by atoms with Gasteiger partial charge >= 0.3 is 0 Å². The van der Waals surface area contributed by atoms with E-state index in [0.29, 0.717) is 23.0 Å². The van der Waals surface area contributed by atoms with E-state index < -0.39 is 0 Å². The zero-order valence-corrected chi connectivity index (χ0v) is 12.2. The molecule has 0 aromatic rings. The maximum absolute atomic E-state index is 6.51. The van der Waals surface area contributed by atoms with E-state index in [9.17, 15) is 0 Å².